The molecule has 0 unspecified atom stereocenters. The number of fused-ring (bicyclic) bond motifs is 1. The van der Waals surface area contributed by atoms with E-state index in [1.165, 1.54) is 6.33 Å². The number of carbonyl (C=O) groups is 2. The van der Waals surface area contributed by atoms with Gasteiger partial charge in [-0.15, -0.1) is 0 Å². The van der Waals surface area contributed by atoms with E-state index in [1.807, 2.05) is 20.8 Å². The lowest BCUT2D eigenvalue weighted by Crippen LogP contribution is -2.40. The number of nitrogens with zero attached hydrogens (tertiary/aromatic N) is 3. The van der Waals surface area contributed by atoms with E-state index in [9.17, 15) is 9.59 Å². The topological polar surface area (TPSA) is 127 Å². The summed E-state index contributed by atoms with van der Waals surface area (Å²) >= 11 is 12.3. The van der Waals surface area contributed by atoms with Crippen molar-refractivity contribution in [3.8, 4) is 11.5 Å². The Morgan fingerprint density at radius 1 is 1.05 bits per heavy atom. The number of halogens is 2. The maximum absolute atomic E-state index is 12.7. The highest BCUT2D eigenvalue weighted by Crippen LogP contribution is 2.34. The van der Waals surface area contributed by atoms with Crippen molar-refractivity contribution in [2.45, 2.75) is 45.6 Å². The molecule has 2 heterocycles. The number of methoxy groups -OCH3 is 1. The van der Waals surface area contributed by atoms with Crippen molar-refractivity contribution < 1.29 is 23.8 Å². The number of rotatable bonds is 10. The van der Waals surface area contributed by atoms with Crippen molar-refractivity contribution in [3.63, 3.8) is 0 Å². The lowest BCUT2D eigenvalue weighted by Gasteiger charge is -2.32. The predicted molar refractivity (Wildman–Crippen MR) is 169 cm³/mol. The Morgan fingerprint density at radius 2 is 1.77 bits per heavy atom. The summed E-state index contributed by atoms with van der Waals surface area (Å²) in [6.07, 6.45) is 3.88. The molecule has 0 saturated carbocycles. The van der Waals surface area contributed by atoms with Gasteiger partial charge in [-0.3, -0.25) is 5.32 Å². The van der Waals surface area contributed by atoms with Gasteiger partial charge in [-0.2, -0.15) is 0 Å². The number of ether oxygens (including phenoxy) is 3. The Hall–Kier alpha value is -3.54. The van der Waals surface area contributed by atoms with Gasteiger partial charge >= 0.3 is 12.1 Å². The molecule has 0 bridgehead atoms. The summed E-state index contributed by atoms with van der Waals surface area (Å²) < 4.78 is 17.0. The van der Waals surface area contributed by atoms with Crippen LogP contribution in [0.1, 0.15) is 40.0 Å². The van der Waals surface area contributed by atoms with Crippen LogP contribution in [0.5, 0.6) is 11.5 Å². The monoisotopic (exact) mass is 632 g/mol. The van der Waals surface area contributed by atoms with E-state index >= 15 is 0 Å². The van der Waals surface area contributed by atoms with Crippen LogP contribution in [0.15, 0.2) is 36.7 Å². The summed E-state index contributed by atoms with van der Waals surface area (Å²) in [7, 11) is 1.55. The fourth-order valence-corrected chi connectivity index (χ4v) is 5.22. The van der Waals surface area contributed by atoms with Gasteiger partial charge in [0.1, 0.15) is 17.7 Å². The molecule has 0 spiro atoms. The normalized spacial score (nSPS) is 14.3. The van der Waals surface area contributed by atoms with Crippen LogP contribution >= 0.6 is 23.2 Å². The zero-order chi connectivity index (χ0) is 31.0. The molecule has 1 fully saturated rings. The average Bonchev–Trinajstić information content (AvgIpc) is 2.95. The summed E-state index contributed by atoms with van der Waals surface area (Å²) in [5, 5.41) is 9.48. The predicted octanol–water partition coefficient (Wildman–Crippen LogP) is 6.59. The molecule has 1 saturated heterocycles. The first-order chi connectivity index (χ1) is 20.5. The maximum atomic E-state index is 12.7. The fourth-order valence-electron chi connectivity index (χ4n) is 4.73. The summed E-state index contributed by atoms with van der Waals surface area (Å²) in [6, 6.07) is 7.90. The van der Waals surface area contributed by atoms with E-state index in [4.69, 9.17) is 37.4 Å². The van der Waals surface area contributed by atoms with Crippen LogP contribution in [0, 0.1) is 5.92 Å². The van der Waals surface area contributed by atoms with E-state index in [2.05, 4.69) is 30.8 Å². The average molecular weight is 634 g/mol. The molecular formula is C30H38Cl2N6O5. The number of nitrogens with one attached hydrogen (secondary N) is 3. The Balaban J connectivity index is 1.26. The Bertz CT molecular complexity index is 1410. The van der Waals surface area contributed by atoms with E-state index in [0.717, 1.165) is 38.9 Å². The van der Waals surface area contributed by atoms with Gasteiger partial charge in [0.05, 0.1) is 35.0 Å². The minimum Gasteiger partial charge on any atom is -0.493 e. The van der Waals surface area contributed by atoms with E-state index in [1.54, 1.807) is 37.4 Å². The van der Waals surface area contributed by atoms with Crippen LogP contribution < -0.4 is 25.4 Å². The number of likely N-dealkylation sites (tertiary alicyclic amines) is 1. The molecule has 4 rings (SSSR count). The highest BCUT2D eigenvalue weighted by Gasteiger charge is 2.22. The number of para-hydroxylation sites is 1. The van der Waals surface area contributed by atoms with Gasteiger partial charge < -0.3 is 29.7 Å². The van der Waals surface area contributed by atoms with Crippen LogP contribution in [0.4, 0.5) is 21.1 Å². The molecular weight excluding hydrogens is 595 g/mol. The Morgan fingerprint density at radius 3 is 2.44 bits per heavy atom. The third-order valence-corrected chi connectivity index (χ3v) is 7.50. The number of carbonyl (C=O) groups excluding carboxylic acids is 2. The van der Waals surface area contributed by atoms with Crippen molar-refractivity contribution in [2.24, 2.45) is 5.92 Å². The van der Waals surface area contributed by atoms with E-state index in [0.29, 0.717) is 63.0 Å². The number of amides is 3. The number of anilines is 2. The molecule has 2 aromatic carbocycles. The largest absolute Gasteiger partial charge is 0.493 e. The Labute approximate surface area is 261 Å². The fraction of sp³-hybridized carbons (Fsp3) is 0.467. The first-order valence-electron chi connectivity index (χ1n) is 14.2. The number of urea groups is 1. The maximum Gasteiger partial charge on any atom is 0.407 e. The summed E-state index contributed by atoms with van der Waals surface area (Å²) in [6.45, 7) is 9.56. The van der Waals surface area contributed by atoms with Crippen LogP contribution in [-0.4, -0.2) is 72.5 Å². The minimum atomic E-state index is -0.558. The second kappa shape index (κ2) is 14.8. The minimum absolute atomic E-state index is 0.292. The molecule has 1 aliphatic rings. The number of hydrogen-bond acceptors (Lipinski definition) is 8. The van der Waals surface area contributed by atoms with Crippen molar-refractivity contribution >= 4 is 57.7 Å². The zero-order valence-corrected chi connectivity index (χ0v) is 26.3. The molecule has 13 heteroatoms. The first-order valence-corrected chi connectivity index (χ1v) is 14.9. The molecule has 0 aliphatic carbocycles. The van der Waals surface area contributed by atoms with Crippen molar-refractivity contribution in [1.82, 2.24) is 20.2 Å². The molecule has 3 aromatic rings. The summed E-state index contributed by atoms with van der Waals surface area (Å²) in [5.74, 6) is 1.79. The molecule has 1 aliphatic heterocycles. The Kier molecular flexibility index (Phi) is 11.1. The third-order valence-electron chi connectivity index (χ3n) is 6.87. The second-order valence-electron chi connectivity index (χ2n) is 11.3. The molecule has 1 aromatic heterocycles. The SMILES string of the molecule is COc1cc2c(NC(=O)Nc3c(Cl)cccc3Cl)ncnc2cc1OCCCN1CCC(CNC(=O)OC(C)(C)C)CC1. The van der Waals surface area contributed by atoms with Crippen molar-refractivity contribution in [1.29, 1.82) is 0 Å². The quantitative estimate of drug-likeness (QED) is 0.213. The van der Waals surface area contributed by atoms with Gasteiger partial charge in [0.25, 0.3) is 0 Å². The van der Waals surface area contributed by atoms with Gasteiger partial charge in [-0.25, -0.2) is 19.6 Å². The standard InChI is InChI=1S/C30H38Cl2N6O5/c1-30(2,3)43-29(40)33-17-19-9-12-38(13-10-19)11-6-14-42-25-16-23-20(15-24(25)41-4)27(35-18-34-23)37-28(39)36-26-21(31)7-5-8-22(26)32/h5,7-8,15-16,18-19H,6,9-14,17H2,1-4H3,(H,33,40)(H2,34,35,36,37,39). The van der Waals surface area contributed by atoms with Gasteiger partial charge in [0, 0.05) is 24.5 Å². The van der Waals surface area contributed by atoms with Gasteiger partial charge in [0.15, 0.2) is 11.5 Å². The number of benzene rings is 2. The summed E-state index contributed by atoms with van der Waals surface area (Å²) in [5.41, 5.74) is 0.389. The van der Waals surface area contributed by atoms with Gasteiger partial charge in [-0.1, -0.05) is 29.3 Å². The second-order valence-corrected chi connectivity index (χ2v) is 12.1. The molecule has 3 N–H and O–H groups in total. The summed E-state index contributed by atoms with van der Waals surface area (Å²) in [4.78, 5) is 35.6. The number of piperidine rings is 1. The highest BCUT2D eigenvalue weighted by molar-refractivity contribution is 6.39. The van der Waals surface area contributed by atoms with Crippen LogP contribution in [0.2, 0.25) is 10.0 Å². The van der Waals surface area contributed by atoms with E-state index < -0.39 is 11.6 Å². The lowest BCUT2D eigenvalue weighted by atomic mass is 9.97. The molecule has 3 amide bonds. The van der Waals surface area contributed by atoms with E-state index in [-0.39, 0.29) is 6.09 Å². The van der Waals surface area contributed by atoms with Crippen molar-refractivity contribution in [3.05, 3.63) is 46.7 Å². The van der Waals surface area contributed by atoms with Gasteiger partial charge in [-0.05, 0) is 77.2 Å². The molecule has 0 radical (unpaired) electrons. The highest BCUT2D eigenvalue weighted by atomic mass is 35.5. The third kappa shape index (κ3) is 9.47. The molecule has 11 nitrogen and oxygen atoms in total. The number of hydrogen-bond donors (Lipinski definition) is 3. The van der Waals surface area contributed by atoms with Crippen LogP contribution in [0.3, 0.4) is 0 Å². The molecule has 43 heavy (non-hydrogen) atoms. The van der Waals surface area contributed by atoms with Crippen LogP contribution in [-0.2, 0) is 4.74 Å². The first kappa shape index (κ1) is 32.4. The number of aromatic nitrogens is 2. The zero-order valence-electron chi connectivity index (χ0n) is 24.8. The molecule has 232 valence electrons. The van der Waals surface area contributed by atoms with Gasteiger partial charge in [0.2, 0.25) is 0 Å². The lowest BCUT2D eigenvalue weighted by molar-refractivity contribution is 0.0509. The van der Waals surface area contributed by atoms with Crippen LogP contribution in [0.25, 0.3) is 10.9 Å². The molecule has 0 atom stereocenters. The smallest absolute Gasteiger partial charge is 0.407 e. The number of alkyl carbamates (subject to hydrolysis) is 1. The van der Waals surface area contributed by atoms with Crippen molar-refractivity contribution in [2.75, 3.05) is 50.5 Å².